The van der Waals surface area contributed by atoms with Gasteiger partial charge in [0.1, 0.15) is 0 Å². The lowest BCUT2D eigenvalue weighted by Crippen LogP contribution is -2.27. The average Bonchev–Trinajstić information content (AvgIpc) is 2.59. The predicted octanol–water partition coefficient (Wildman–Crippen LogP) is 7.07. The molecule has 2 nitrogen and oxygen atoms in total. The van der Waals surface area contributed by atoms with Gasteiger partial charge in [0.2, 0.25) is 0 Å². The van der Waals surface area contributed by atoms with Gasteiger partial charge in [-0.15, -0.1) is 0 Å². The summed E-state index contributed by atoms with van der Waals surface area (Å²) in [6.07, 6.45) is 3.04. The lowest BCUT2D eigenvalue weighted by atomic mass is 9.82. The SMILES string of the molecule is CCC(C)(C)C(=O)OCCC[Si](C)(C)C.CCC(C)(C)c1ccccc1. The van der Waals surface area contributed by atoms with Crippen molar-refractivity contribution in [3.8, 4) is 0 Å². The van der Waals surface area contributed by atoms with Gasteiger partial charge in [-0.25, -0.2) is 0 Å². The number of ether oxygens (including phenoxy) is 1. The van der Waals surface area contributed by atoms with E-state index in [0.717, 1.165) is 12.8 Å². The second-order valence-corrected chi connectivity index (χ2v) is 15.3. The second-order valence-electron chi connectivity index (χ2n) is 9.64. The molecule has 0 saturated carbocycles. The van der Waals surface area contributed by atoms with E-state index in [1.54, 1.807) is 0 Å². The lowest BCUT2D eigenvalue weighted by molar-refractivity contribution is -0.154. The number of benzene rings is 1. The van der Waals surface area contributed by atoms with Gasteiger partial charge < -0.3 is 4.74 Å². The Bertz CT molecular complexity index is 513. The van der Waals surface area contributed by atoms with Crippen molar-refractivity contribution in [3.63, 3.8) is 0 Å². The molecule has 0 fully saturated rings. The monoisotopic (exact) mass is 378 g/mol. The Kier molecular flexibility index (Phi) is 10.5. The normalized spacial score (nSPS) is 12.2. The summed E-state index contributed by atoms with van der Waals surface area (Å²) >= 11 is 0. The molecule has 1 rings (SSSR count). The van der Waals surface area contributed by atoms with Crippen molar-refractivity contribution >= 4 is 14.0 Å². The van der Waals surface area contributed by atoms with Crippen LogP contribution < -0.4 is 0 Å². The molecule has 0 unspecified atom stereocenters. The maximum Gasteiger partial charge on any atom is 0.311 e. The maximum atomic E-state index is 11.6. The molecule has 0 aliphatic heterocycles. The number of esters is 1. The number of rotatable bonds is 8. The van der Waals surface area contributed by atoms with Gasteiger partial charge in [0.05, 0.1) is 12.0 Å². The summed E-state index contributed by atoms with van der Waals surface area (Å²) in [5.74, 6) is -0.0550. The van der Waals surface area contributed by atoms with Gasteiger partial charge in [-0.2, -0.15) is 0 Å². The van der Waals surface area contributed by atoms with Crippen LogP contribution in [0.5, 0.6) is 0 Å². The molecule has 0 atom stereocenters. The highest BCUT2D eigenvalue weighted by atomic mass is 28.3. The molecule has 0 amide bonds. The van der Waals surface area contributed by atoms with Crippen LogP contribution in [0.4, 0.5) is 0 Å². The quantitative estimate of drug-likeness (QED) is 0.275. The zero-order valence-electron chi connectivity index (χ0n) is 18.7. The van der Waals surface area contributed by atoms with Crippen molar-refractivity contribution in [3.05, 3.63) is 35.9 Å². The first-order valence-corrected chi connectivity index (χ1v) is 13.8. The fourth-order valence-corrected chi connectivity index (χ4v) is 3.41. The Labute approximate surface area is 163 Å². The molecule has 26 heavy (non-hydrogen) atoms. The number of hydrogen-bond acceptors (Lipinski definition) is 2. The summed E-state index contributed by atoms with van der Waals surface area (Å²) in [6.45, 7) is 20.3. The Hall–Kier alpha value is -1.09. The summed E-state index contributed by atoms with van der Waals surface area (Å²) < 4.78 is 5.28. The molecule has 1 aromatic rings. The molecule has 0 N–H and O–H groups in total. The summed E-state index contributed by atoms with van der Waals surface area (Å²) in [5, 5.41) is 0. The van der Waals surface area contributed by atoms with Crippen LogP contribution in [0, 0.1) is 5.41 Å². The van der Waals surface area contributed by atoms with E-state index >= 15 is 0 Å². The molecule has 0 aliphatic rings. The van der Waals surface area contributed by atoms with Gasteiger partial charge in [0.25, 0.3) is 0 Å². The van der Waals surface area contributed by atoms with Crippen molar-refractivity contribution < 1.29 is 9.53 Å². The maximum absolute atomic E-state index is 11.6. The van der Waals surface area contributed by atoms with Gasteiger partial charge >= 0.3 is 5.97 Å². The minimum atomic E-state index is -0.975. The average molecular weight is 379 g/mol. The van der Waals surface area contributed by atoms with E-state index in [2.05, 4.69) is 70.7 Å². The van der Waals surface area contributed by atoms with E-state index in [-0.39, 0.29) is 11.4 Å². The fraction of sp³-hybridized carbons (Fsp3) is 0.696. The minimum Gasteiger partial charge on any atom is -0.465 e. The molecule has 1 aromatic carbocycles. The van der Waals surface area contributed by atoms with Crippen LogP contribution in [0.1, 0.15) is 66.4 Å². The Morgan fingerprint density at radius 1 is 0.962 bits per heavy atom. The van der Waals surface area contributed by atoms with Gasteiger partial charge in [0, 0.05) is 8.07 Å². The fourth-order valence-electron chi connectivity index (χ4n) is 2.20. The van der Waals surface area contributed by atoms with Crippen molar-refractivity contribution in [2.75, 3.05) is 6.61 Å². The first kappa shape index (κ1) is 24.9. The van der Waals surface area contributed by atoms with Crippen molar-refractivity contribution in [2.45, 2.75) is 91.9 Å². The Morgan fingerprint density at radius 2 is 1.50 bits per heavy atom. The molecule has 0 aromatic heterocycles. The van der Waals surface area contributed by atoms with E-state index in [0.29, 0.717) is 12.0 Å². The Balaban J connectivity index is 0.000000502. The highest BCUT2D eigenvalue weighted by Crippen LogP contribution is 2.25. The van der Waals surface area contributed by atoms with Crippen LogP contribution in [0.2, 0.25) is 25.7 Å². The van der Waals surface area contributed by atoms with E-state index in [4.69, 9.17) is 4.74 Å². The van der Waals surface area contributed by atoms with Crippen molar-refractivity contribution in [1.29, 1.82) is 0 Å². The van der Waals surface area contributed by atoms with E-state index < -0.39 is 8.07 Å². The zero-order chi connectivity index (χ0) is 20.4. The van der Waals surface area contributed by atoms with Crippen molar-refractivity contribution in [1.82, 2.24) is 0 Å². The van der Waals surface area contributed by atoms with Crippen LogP contribution in [0.3, 0.4) is 0 Å². The third-order valence-electron chi connectivity index (χ3n) is 5.18. The summed E-state index contributed by atoms with van der Waals surface area (Å²) in [6, 6.07) is 11.9. The minimum absolute atomic E-state index is 0.0550. The number of carbonyl (C=O) groups excluding carboxylic acids is 1. The summed E-state index contributed by atoms with van der Waals surface area (Å²) in [4.78, 5) is 11.6. The summed E-state index contributed by atoms with van der Waals surface area (Å²) in [5.41, 5.74) is 1.45. The smallest absolute Gasteiger partial charge is 0.311 e. The van der Waals surface area contributed by atoms with Crippen LogP contribution >= 0.6 is 0 Å². The number of hydrogen-bond donors (Lipinski definition) is 0. The molecule has 0 bridgehead atoms. The van der Waals surface area contributed by atoms with Gasteiger partial charge in [0.15, 0.2) is 0 Å². The topological polar surface area (TPSA) is 26.3 Å². The zero-order valence-corrected chi connectivity index (χ0v) is 19.7. The second kappa shape index (κ2) is 10.9. The van der Waals surface area contributed by atoms with Gasteiger partial charge in [-0.1, -0.05) is 83.7 Å². The van der Waals surface area contributed by atoms with Gasteiger partial charge in [-0.05, 0) is 44.1 Å². The predicted molar refractivity (Wildman–Crippen MR) is 118 cm³/mol. The molecular formula is C23H42O2Si. The van der Waals surface area contributed by atoms with E-state index in [9.17, 15) is 4.79 Å². The highest BCUT2D eigenvalue weighted by molar-refractivity contribution is 6.76. The van der Waals surface area contributed by atoms with E-state index in [1.165, 1.54) is 18.0 Å². The van der Waals surface area contributed by atoms with Crippen LogP contribution in [-0.2, 0) is 14.9 Å². The molecule has 150 valence electrons. The van der Waals surface area contributed by atoms with Crippen LogP contribution in [-0.4, -0.2) is 20.7 Å². The first-order chi connectivity index (χ1) is 11.9. The third-order valence-corrected chi connectivity index (χ3v) is 7.03. The summed E-state index contributed by atoms with van der Waals surface area (Å²) in [7, 11) is -0.975. The molecule has 0 spiro atoms. The number of carbonyl (C=O) groups is 1. The molecule has 0 radical (unpaired) electrons. The Morgan fingerprint density at radius 3 is 1.92 bits per heavy atom. The highest BCUT2D eigenvalue weighted by Gasteiger charge is 2.26. The van der Waals surface area contributed by atoms with Crippen LogP contribution in [0.25, 0.3) is 0 Å². The first-order valence-electron chi connectivity index (χ1n) is 10.1. The van der Waals surface area contributed by atoms with Crippen LogP contribution in [0.15, 0.2) is 30.3 Å². The standard InChI is InChI=1S/C12H26O2Si.C11H16/c1-7-12(2,3)11(13)14-9-8-10-15(4,5)6;1-4-11(2,3)10-8-6-5-7-9-10/h7-10H2,1-6H3;5-9H,4H2,1-3H3. The molecule has 0 aliphatic carbocycles. The third kappa shape index (κ3) is 10.2. The van der Waals surface area contributed by atoms with Gasteiger partial charge in [-0.3, -0.25) is 4.79 Å². The largest absolute Gasteiger partial charge is 0.465 e. The van der Waals surface area contributed by atoms with E-state index in [1.807, 2.05) is 20.8 Å². The van der Waals surface area contributed by atoms with Crippen molar-refractivity contribution in [2.24, 2.45) is 5.41 Å². The molecular weight excluding hydrogens is 336 g/mol. The molecule has 0 saturated heterocycles. The molecule has 0 heterocycles. The lowest BCUT2D eigenvalue weighted by Gasteiger charge is -2.22. The molecule has 3 heteroatoms.